The van der Waals surface area contributed by atoms with E-state index < -0.39 is 0 Å². The highest BCUT2D eigenvalue weighted by Crippen LogP contribution is 2.47. The third-order valence-corrected chi connectivity index (χ3v) is 10.8. The van der Waals surface area contributed by atoms with Crippen molar-refractivity contribution in [1.29, 1.82) is 0 Å². The van der Waals surface area contributed by atoms with Gasteiger partial charge in [-0.2, -0.15) is 0 Å². The fourth-order valence-corrected chi connectivity index (χ4v) is 8.57. The van der Waals surface area contributed by atoms with E-state index in [4.69, 9.17) is 4.42 Å². The van der Waals surface area contributed by atoms with Gasteiger partial charge in [0.15, 0.2) is 0 Å². The Balaban J connectivity index is 1.16. The van der Waals surface area contributed by atoms with Gasteiger partial charge in [0.2, 0.25) is 0 Å². The van der Waals surface area contributed by atoms with Crippen LogP contribution < -0.4 is 0 Å². The maximum absolute atomic E-state index is 6.34. The van der Waals surface area contributed by atoms with E-state index in [0.717, 1.165) is 16.6 Å². The predicted molar refractivity (Wildman–Crippen MR) is 218 cm³/mol. The first-order chi connectivity index (χ1) is 25.3. The Labute approximate surface area is 294 Å². The van der Waals surface area contributed by atoms with E-state index in [1.54, 1.807) is 0 Å². The van der Waals surface area contributed by atoms with Crippen molar-refractivity contribution in [2.45, 2.75) is 0 Å². The van der Waals surface area contributed by atoms with Crippen LogP contribution in [0.2, 0.25) is 0 Å². The molecule has 1 aromatic heterocycles. The van der Waals surface area contributed by atoms with Crippen LogP contribution in [0.15, 0.2) is 186 Å². The van der Waals surface area contributed by atoms with E-state index in [9.17, 15) is 0 Å². The molecule has 10 aromatic carbocycles. The third-order valence-electron chi connectivity index (χ3n) is 10.8. The third kappa shape index (κ3) is 4.22. The zero-order valence-corrected chi connectivity index (χ0v) is 27.7. The second kappa shape index (κ2) is 10.9. The second-order valence-corrected chi connectivity index (χ2v) is 13.6. The van der Waals surface area contributed by atoms with Gasteiger partial charge in [0.1, 0.15) is 11.2 Å². The summed E-state index contributed by atoms with van der Waals surface area (Å²) in [6.07, 6.45) is 0. The molecular weight excluding hydrogens is 617 g/mol. The summed E-state index contributed by atoms with van der Waals surface area (Å²) >= 11 is 0. The van der Waals surface area contributed by atoms with E-state index in [2.05, 4.69) is 182 Å². The largest absolute Gasteiger partial charge is 0.456 e. The van der Waals surface area contributed by atoms with E-state index in [0.29, 0.717) is 0 Å². The molecule has 1 heteroatoms. The zero-order chi connectivity index (χ0) is 33.5. The van der Waals surface area contributed by atoms with E-state index >= 15 is 0 Å². The highest BCUT2D eigenvalue weighted by molar-refractivity contribution is 6.26. The monoisotopic (exact) mass is 646 g/mol. The molecule has 0 fully saturated rings. The van der Waals surface area contributed by atoms with Gasteiger partial charge in [-0.1, -0.05) is 152 Å². The van der Waals surface area contributed by atoms with Crippen LogP contribution in [0.1, 0.15) is 0 Å². The predicted octanol–water partition coefficient (Wildman–Crippen LogP) is 14.4. The smallest absolute Gasteiger partial charge is 0.136 e. The molecule has 236 valence electrons. The lowest BCUT2D eigenvalue weighted by molar-refractivity contribution is 0.669. The molecule has 0 spiro atoms. The van der Waals surface area contributed by atoms with Gasteiger partial charge in [0.25, 0.3) is 0 Å². The normalized spacial score (nSPS) is 11.9. The molecule has 0 aliphatic rings. The number of hydrogen-bond acceptors (Lipinski definition) is 1. The van der Waals surface area contributed by atoms with Crippen LogP contribution in [0, 0.1) is 0 Å². The average molecular weight is 647 g/mol. The maximum atomic E-state index is 6.34. The van der Waals surface area contributed by atoms with Gasteiger partial charge in [-0.05, 0) is 118 Å². The van der Waals surface area contributed by atoms with Crippen LogP contribution >= 0.6 is 0 Å². The van der Waals surface area contributed by atoms with Gasteiger partial charge in [-0.3, -0.25) is 0 Å². The van der Waals surface area contributed by atoms with Crippen LogP contribution in [0.4, 0.5) is 0 Å². The Morgan fingerprint density at radius 2 is 0.824 bits per heavy atom. The van der Waals surface area contributed by atoms with Crippen LogP contribution in [0.3, 0.4) is 0 Å². The van der Waals surface area contributed by atoms with Gasteiger partial charge < -0.3 is 4.42 Å². The molecule has 1 heterocycles. The summed E-state index contributed by atoms with van der Waals surface area (Å²) in [5.41, 5.74) is 9.21. The van der Waals surface area contributed by atoms with Gasteiger partial charge in [0.05, 0.1) is 0 Å². The molecule has 0 unspecified atom stereocenters. The highest BCUT2D eigenvalue weighted by atomic mass is 16.3. The minimum absolute atomic E-state index is 0.912. The standard InChI is InChI=1S/C50H30O/c1-4-17-37-31(12-1)24-27-47-50(37)45-29-33(25-26-46(45)51-47)32-14-11-15-35(28-32)48-40-20-7-9-22-42(40)49(43-23-10-8-21-41(43)48)44-30-34-13-2-3-16-36(34)38-18-5-6-19-39(38)44/h1-30H. The van der Waals surface area contributed by atoms with Crippen LogP contribution in [-0.2, 0) is 0 Å². The molecule has 0 radical (unpaired) electrons. The zero-order valence-electron chi connectivity index (χ0n) is 27.7. The lowest BCUT2D eigenvalue weighted by Crippen LogP contribution is -1.92. The molecule has 0 aliphatic heterocycles. The van der Waals surface area contributed by atoms with Gasteiger partial charge in [-0.15, -0.1) is 0 Å². The molecule has 11 aromatic rings. The summed E-state index contributed by atoms with van der Waals surface area (Å²) in [5.74, 6) is 0. The molecule has 51 heavy (non-hydrogen) atoms. The minimum atomic E-state index is 0.912. The fourth-order valence-electron chi connectivity index (χ4n) is 8.57. The summed E-state index contributed by atoms with van der Waals surface area (Å²) in [6.45, 7) is 0. The Hall–Kier alpha value is -6.70. The van der Waals surface area contributed by atoms with Crippen molar-refractivity contribution in [3.63, 3.8) is 0 Å². The topological polar surface area (TPSA) is 13.1 Å². The van der Waals surface area contributed by atoms with Crippen molar-refractivity contribution < 1.29 is 4.42 Å². The van der Waals surface area contributed by atoms with Gasteiger partial charge >= 0.3 is 0 Å². The van der Waals surface area contributed by atoms with Crippen molar-refractivity contribution in [2.24, 2.45) is 0 Å². The number of benzene rings is 10. The van der Waals surface area contributed by atoms with E-state index in [1.165, 1.54) is 92.6 Å². The molecule has 0 saturated carbocycles. The van der Waals surface area contributed by atoms with Crippen molar-refractivity contribution in [2.75, 3.05) is 0 Å². The summed E-state index contributed by atoms with van der Waals surface area (Å²) < 4.78 is 6.34. The number of furan rings is 1. The van der Waals surface area contributed by atoms with Crippen molar-refractivity contribution in [3.05, 3.63) is 182 Å². The molecule has 11 rings (SSSR count). The molecule has 0 aliphatic carbocycles. The summed E-state index contributed by atoms with van der Waals surface area (Å²) in [5, 5.41) is 14.9. The number of rotatable bonds is 3. The van der Waals surface area contributed by atoms with Gasteiger partial charge in [-0.25, -0.2) is 0 Å². The quantitative estimate of drug-likeness (QED) is 0.138. The second-order valence-electron chi connectivity index (χ2n) is 13.6. The first-order valence-corrected chi connectivity index (χ1v) is 17.6. The minimum Gasteiger partial charge on any atom is -0.456 e. The Kier molecular flexibility index (Phi) is 6.02. The van der Waals surface area contributed by atoms with Crippen LogP contribution in [0.25, 0.3) is 109 Å². The lowest BCUT2D eigenvalue weighted by Gasteiger charge is -2.20. The first kappa shape index (κ1) is 28.2. The molecule has 0 bridgehead atoms. The van der Waals surface area contributed by atoms with E-state index in [-0.39, 0.29) is 0 Å². The summed E-state index contributed by atoms with van der Waals surface area (Å²) in [7, 11) is 0. The molecule has 0 saturated heterocycles. The Bertz CT molecular complexity index is 3140. The van der Waals surface area contributed by atoms with Crippen molar-refractivity contribution >= 4 is 75.8 Å². The van der Waals surface area contributed by atoms with Crippen molar-refractivity contribution in [1.82, 2.24) is 0 Å². The summed E-state index contributed by atoms with van der Waals surface area (Å²) in [6, 6.07) is 66.4. The SMILES string of the molecule is c1cc(-c2ccc3oc4ccc5ccccc5c4c3c2)cc(-c2c3ccccc3c(-c3cc4ccccc4c4ccccc34)c3ccccc23)c1. The van der Waals surface area contributed by atoms with Crippen LogP contribution in [0.5, 0.6) is 0 Å². The molecular formula is C50H30O. The first-order valence-electron chi connectivity index (χ1n) is 17.6. The Morgan fingerprint density at radius 1 is 0.275 bits per heavy atom. The summed E-state index contributed by atoms with van der Waals surface area (Å²) in [4.78, 5) is 0. The number of fused-ring (bicyclic) bond motifs is 10. The average Bonchev–Trinajstić information content (AvgIpc) is 3.58. The molecule has 0 atom stereocenters. The van der Waals surface area contributed by atoms with E-state index in [1.807, 2.05) is 0 Å². The van der Waals surface area contributed by atoms with Crippen molar-refractivity contribution in [3.8, 4) is 33.4 Å². The highest BCUT2D eigenvalue weighted by Gasteiger charge is 2.19. The molecule has 0 N–H and O–H groups in total. The molecule has 1 nitrogen and oxygen atoms in total. The van der Waals surface area contributed by atoms with Crippen LogP contribution in [-0.4, -0.2) is 0 Å². The maximum Gasteiger partial charge on any atom is 0.136 e. The van der Waals surface area contributed by atoms with Gasteiger partial charge in [0, 0.05) is 10.8 Å². The fraction of sp³-hybridized carbons (Fsp3) is 0. The molecule has 0 amide bonds. The lowest BCUT2D eigenvalue weighted by atomic mass is 9.83. The Morgan fingerprint density at radius 3 is 1.57 bits per heavy atom. The number of hydrogen-bond donors (Lipinski definition) is 0.